The smallest absolute Gasteiger partial charge is 0.326 e. The largest absolute Gasteiger partial charge is 0.480 e. The highest BCUT2D eigenvalue weighted by Crippen LogP contribution is 2.34. The van der Waals surface area contributed by atoms with Gasteiger partial charge in [0.2, 0.25) is 5.91 Å². The zero-order valence-corrected chi connectivity index (χ0v) is 11.8. The molecule has 0 saturated carbocycles. The molecule has 0 heterocycles. The van der Waals surface area contributed by atoms with Crippen LogP contribution in [0.2, 0.25) is 0 Å². The molecule has 20 heavy (non-hydrogen) atoms. The molecule has 0 spiro atoms. The van der Waals surface area contributed by atoms with Gasteiger partial charge in [-0.25, -0.2) is 4.79 Å². The summed E-state index contributed by atoms with van der Waals surface area (Å²) in [5, 5.41) is 11.9. The maximum absolute atomic E-state index is 11.4. The second-order valence-electron chi connectivity index (χ2n) is 5.34. The number of carbonyl (C=O) groups is 2. The Morgan fingerprint density at radius 3 is 2.85 bits per heavy atom. The molecule has 2 N–H and O–H groups in total. The number of carboxylic acid groups (broad SMARTS) is 1. The number of aryl methyl sites for hydroxylation is 1. The fourth-order valence-corrected chi connectivity index (χ4v) is 2.90. The van der Waals surface area contributed by atoms with Crippen LogP contribution in [-0.4, -0.2) is 23.0 Å². The first kappa shape index (κ1) is 14.6. The van der Waals surface area contributed by atoms with Gasteiger partial charge in [0.15, 0.2) is 0 Å². The van der Waals surface area contributed by atoms with E-state index in [4.69, 9.17) is 0 Å². The number of amides is 1. The highest BCUT2D eigenvalue weighted by Gasteiger charge is 2.27. The Hall–Kier alpha value is -1.84. The number of aliphatic carboxylic acids is 1. The Bertz CT molecular complexity index is 498. The van der Waals surface area contributed by atoms with Gasteiger partial charge in [-0.15, -0.1) is 0 Å². The van der Waals surface area contributed by atoms with Crippen molar-refractivity contribution in [2.75, 3.05) is 0 Å². The molecule has 0 aromatic heterocycles. The topological polar surface area (TPSA) is 66.4 Å². The van der Waals surface area contributed by atoms with Crippen LogP contribution < -0.4 is 5.32 Å². The highest BCUT2D eigenvalue weighted by atomic mass is 16.4. The average molecular weight is 275 g/mol. The summed E-state index contributed by atoms with van der Waals surface area (Å²) in [6.45, 7) is 1.73. The third-order valence-electron chi connectivity index (χ3n) is 3.97. The molecule has 0 saturated heterocycles. The number of hydrogen-bond donors (Lipinski definition) is 2. The van der Waals surface area contributed by atoms with E-state index in [1.165, 1.54) is 11.1 Å². The first-order valence-electron chi connectivity index (χ1n) is 7.21. The maximum atomic E-state index is 11.4. The van der Waals surface area contributed by atoms with Crippen LogP contribution in [-0.2, 0) is 16.0 Å². The van der Waals surface area contributed by atoms with Gasteiger partial charge in [0, 0.05) is 6.42 Å². The molecule has 0 aliphatic heterocycles. The Morgan fingerprint density at radius 2 is 2.15 bits per heavy atom. The molecule has 2 rings (SSSR count). The molecule has 1 aliphatic carbocycles. The lowest BCUT2D eigenvalue weighted by Crippen LogP contribution is -2.41. The fraction of sp³-hybridized carbons (Fsp3) is 0.500. The summed E-state index contributed by atoms with van der Waals surface area (Å²) in [4.78, 5) is 22.8. The van der Waals surface area contributed by atoms with E-state index in [-0.39, 0.29) is 11.8 Å². The highest BCUT2D eigenvalue weighted by molar-refractivity contribution is 5.83. The summed E-state index contributed by atoms with van der Waals surface area (Å²) < 4.78 is 0. The van der Waals surface area contributed by atoms with Crippen LogP contribution in [0.3, 0.4) is 0 Å². The van der Waals surface area contributed by atoms with E-state index in [0.29, 0.717) is 12.8 Å². The van der Waals surface area contributed by atoms with Crippen molar-refractivity contribution in [1.82, 2.24) is 5.32 Å². The Kier molecular flexibility index (Phi) is 4.77. The third-order valence-corrected chi connectivity index (χ3v) is 3.97. The van der Waals surface area contributed by atoms with Gasteiger partial charge in [-0.2, -0.15) is 0 Å². The number of fused-ring (bicyclic) bond motifs is 1. The van der Waals surface area contributed by atoms with E-state index in [2.05, 4.69) is 17.4 Å². The van der Waals surface area contributed by atoms with Crippen molar-refractivity contribution in [2.45, 2.75) is 51.0 Å². The minimum absolute atomic E-state index is 0.207. The molecule has 108 valence electrons. The van der Waals surface area contributed by atoms with Gasteiger partial charge in [0.1, 0.15) is 6.04 Å². The third kappa shape index (κ3) is 3.38. The number of carboxylic acids is 1. The molecule has 1 aromatic carbocycles. The van der Waals surface area contributed by atoms with Crippen molar-refractivity contribution >= 4 is 11.9 Å². The number of rotatable bonds is 5. The van der Waals surface area contributed by atoms with Crippen molar-refractivity contribution in [2.24, 2.45) is 0 Å². The van der Waals surface area contributed by atoms with Crippen molar-refractivity contribution < 1.29 is 14.7 Å². The van der Waals surface area contributed by atoms with Crippen molar-refractivity contribution in [3.05, 3.63) is 35.4 Å². The van der Waals surface area contributed by atoms with E-state index in [9.17, 15) is 14.7 Å². The van der Waals surface area contributed by atoms with Gasteiger partial charge in [-0.3, -0.25) is 4.79 Å². The van der Waals surface area contributed by atoms with Crippen LogP contribution in [0.15, 0.2) is 24.3 Å². The fourth-order valence-electron chi connectivity index (χ4n) is 2.90. The SMILES string of the molecule is CCC(=O)NC(CC1CCCc2ccccc21)C(=O)O. The summed E-state index contributed by atoms with van der Waals surface area (Å²) in [7, 11) is 0. The van der Waals surface area contributed by atoms with E-state index >= 15 is 0 Å². The monoisotopic (exact) mass is 275 g/mol. The molecular weight excluding hydrogens is 254 g/mol. The predicted molar refractivity (Wildman–Crippen MR) is 76.6 cm³/mol. The van der Waals surface area contributed by atoms with Crippen LogP contribution in [0.1, 0.15) is 49.7 Å². The number of benzene rings is 1. The van der Waals surface area contributed by atoms with Crippen LogP contribution in [0, 0.1) is 0 Å². The van der Waals surface area contributed by atoms with Crippen LogP contribution in [0.5, 0.6) is 0 Å². The van der Waals surface area contributed by atoms with Gasteiger partial charge >= 0.3 is 5.97 Å². The second kappa shape index (κ2) is 6.55. The maximum Gasteiger partial charge on any atom is 0.326 e. The summed E-state index contributed by atoms with van der Waals surface area (Å²) in [6.07, 6.45) is 3.91. The minimum Gasteiger partial charge on any atom is -0.480 e. The second-order valence-corrected chi connectivity index (χ2v) is 5.34. The standard InChI is InChI=1S/C16H21NO3/c1-2-15(18)17-14(16(19)20)10-12-8-5-7-11-6-3-4-9-13(11)12/h3-4,6,9,12,14H,2,5,7-8,10H2,1H3,(H,17,18)(H,19,20). The molecule has 0 fully saturated rings. The Morgan fingerprint density at radius 1 is 1.40 bits per heavy atom. The summed E-state index contributed by atoms with van der Waals surface area (Å²) >= 11 is 0. The van der Waals surface area contributed by atoms with Crippen LogP contribution in [0.25, 0.3) is 0 Å². The Balaban J connectivity index is 2.12. The van der Waals surface area contributed by atoms with Crippen LogP contribution >= 0.6 is 0 Å². The van der Waals surface area contributed by atoms with E-state index < -0.39 is 12.0 Å². The predicted octanol–water partition coefficient (Wildman–Crippen LogP) is 2.48. The van der Waals surface area contributed by atoms with E-state index in [1.54, 1.807) is 6.92 Å². The molecule has 1 aromatic rings. The summed E-state index contributed by atoms with van der Waals surface area (Å²) in [5.74, 6) is -0.936. The zero-order chi connectivity index (χ0) is 14.5. The first-order valence-corrected chi connectivity index (χ1v) is 7.21. The summed E-state index contributed by atoms with van der Waals surface area (Å²) in [5.41, 5.74) is 2.56. The molecule has 2 unspecified atom stereocenters. The zero-order valence-electron chi connectivity index (χ0n) is 11.8. The lowest BCUT2D eigenvalue weighted by molar-refractivity contribution is -0.142. The van der Waals surface area contributed by atoms with Gasteiger partial charge in [-0.05, 0) is 42.7 Å². The van der Waals surface area contributed by atoms with Crippen molar-refractivity contribution in [1.29, 1.82) is 0 Å². The molecule has 0 radical (unpaired) electrons. The van der Waals surface area contributed by atoms with Gasteiger partial charge < -0.3 is 10.4 Å². The number of nitrogens with one attached hydrogen (secondary N) is 1. The molecule has 4 nitrogen and oxygen atoms in total. The van der Waals surface area contributed by atoms with Gasteiger partial charge in [-0.1, -0.05) is 31.2 Å². The van der Waals surface area contributed by atoms with E-state index in [1.807, 2.05) is 12.1 Å². The first-order chi connectivity index (χ1) is 9.61. The van der Waals surface area contributed by atoms with Gasteiger partial charge in [0.05, 0.1) is 0 Å². The quantitative estimate of drug-likeness (QED) is 0.867. The Labute approximate surface area is 119 Å². The number of carbonyl (C=O) groups excluding carboxylic acids is 1. The van der Waals surface area contributed by atoms with Gasteiger partial charge in [0.25, 0.3) is 0 Å². The molecule has 1 aliphatic rings. The molecule has 1 amide bonds. The molecule has 2 atom stereocenters. The van der Waals surface area contributed by atoms with Crippen molar-refractivity contribution in [3.8, 4) is 0 Å². The normalized spacial score (nSPS) is 18.9. The van der Waals surface area contributed by atoms with Crippen molar-refractivity contribution in [3.63, 3.8) is 0 Å². The lowest BCUT2D eigenvalue weighted by Gasteiger charge is -2.28. The molecular formula is C16H21NO3. The lowest BCUT2D eigenvalue weighted by atomic mass is 9.79. The van der Waals surface area contributed by atoms with E-state index in [0.717, 1.165) is 19.3 Å². The number of hydrogen-bond acceptors (Lipinski definition) is 2. The average Bonchev–Trinajstić information content (AvgIpc) is 2.46. The molecule has 4 heteroatoms. The van der Waals surface area contributed by atoms with Crippen LogP contribution in [0.4, 0.5) is 0 Å². The molecule has 0 bridgehead atoms. The summed E-state index contributed by atoms with van der Waals surface area (Å²) in [6, 6.07) is 7.42. The minimum atomic E-state index is -0.949.